The van der Waals surface area contributed by atoms with Crippen molar-refractivity contribution in [1.29, 1.82) is 5.26 Å². The molecule has 2 aromatic rings. The molecular formula is C16H14INO2. The van der Waals surface area contributed by atoms with Crippen LogP contribution >= 0.6 is 22.6 Å². The molecule has 0 bridgehead atoms. The maximum atomic E-state index is 8.79. The van der Waals surface area contributed by atoms with E-state index in [-0.39, 0.29) is 0 Å². The van der Waals surface area contributed by atoms with E-state index in [1.165, 1.54) is 3.57 Å². The third kappa shape index (κ3) is 4.74. The molecule has 0 fully saturated rings. The van der Waals surface area contributed by atoms with Crippen LogP contribution in [0.2, 0.25) is 0 Å². The van der Waals surface area contributed by atoms with Gasteiger partial charge in [-0.05, 0) is 65.1 Å². The number of ether oxygens (including phenoxy) is 2. The average Bonchev–Trinajstić information content (AvgIpc) is 2.49. The summed E-state index contributed by atoms with van der Waals surface area (Å²) < 4.78 is 12.4. The van der Waals surface area contributed by atoms with E-state index < -0.39 is 0 Å². The van der Waals surface area contributed by atoms with Crippen LogP contribution in [0.15, 0.2) is 48.5 Å². The maximum Gasteiger partial charge on any atom is 0.120 e. The number of nitriles is 1. The highest BCUT2D eigenvalue weighted by molar-refractivity contribution is 14.1. The van der Waals surface area contributed by atoms with Gasteiger partial charge < -0.3 is 9.47 Å². The predicted octanol–water partition coefficient (Wildman–Crippen LogP) is 4.01. The normalized spacial score (nSPS) is 9.80. The highest BCUT2D eigenvalue weighted by Gasteiger charge is 1.97. The Bertz CT molecular complexity index is 590. The van der Waals surface area contributed by atoms with Crippen LogP contribution in [0.5, 0.6) is 11.5 Å². The Morgan fingerprint density at radius 1 is 0.950 bits per heavy atom. The Hall–Kier alpha value is -1.74. The van der Waals surface area contributed by atoms with Crippen molar-refractivity contribution in [3.05, 3.63) is 57.7 Å². The first-order valence-corrected chi connectivity index (χ1v) is 7.37. The SMILES string of the molecule is N#Cc1cccc(OCCCOc2ccc(I)cc2)c1. The third-order valence-electron chi connectivity index (χ3n) is 2.60. The summed E-state index contributed by atoms with van der Waals surface area (Å²) in [6.07, 6.45) is 0.794. The van der Waals surface area contributed by atoms with E-state index in [0.29, 0.717) is 18.8 Å². The van der Waals surface area contributed by atoms with Gasteiger partial charge in [0.15, 0.2) is 0 Å². The molecule has 0 amide bonds. The molecule has 0 radical (unpaired) electrons. The van der Waals surface area contributed by atoms with Crippen molar-refractivity contribution in [2.75, 3.05) is 13.2 Å². The molecule has 0 heterocycles. The molecule has 4 heteroatoms. The first-order valence-electron chi connectivity index (χ1n) is 6.29. The van der Waals surface area contributed by atoms with Gasteiger partial charge in [0.2, 0.25) is 0 Å². The summed E-state index contributed by atoms with van der Waals surface area (Å²) >= 11 is 2.26. The third-order valence-corrected chi connectivity index (χ3v) is 3.32. The number of hydrogen-bond donors (Lipinski definition) is 0. The number of rotatable bonds is 6. The van der Waals surface area contributed by atoms with Gasteiger partial charge in [0.1, 0.15) is 11.5 Å². The van der Waals surface area contributed by atoms with E-state index in [9.17, 15) is 0 Å². The molecule has 0 aliphatic heterocycles. The van der Waals surface area contributed by atoms with E-state index in [0.717, 1.165) is 17.9 Å². The summed E-state index contributed by atoms with van der Waals surface area (Å²) in [5, 5.41) is 8.79. The first-order chi connectivity index (χ1) is 9.78. The van der Waals surface area contributed by atoms with Crippen molar-refractivity contribution in [2.45, 2.75) is 6.42 Å². The number of halogens is 1. The predicted molar refractivity (Wildman–Crippen MR) is 85.9 cm³/mol. The molecule has 0 saturated carbocycles. The molecular weight excluding hydrogens is 365 g/mol. The summed E-state index contributed by atoms with van der Waals surface area (Å²) in [7, 11) is 0. The lowest BCUT2D eigenvalue weighted by Crippen LogP contribution is -2.05. The molecule has 20 heavy (non-hydrogen) atoms. The second-order valence-electron chi connectivity index (χ2n) is 4.14. The molecule has 2 rings (SSSR count). The largest absolute Gasteiger partial charge is 0.493 e. The van der Waals surface area contributed by atoms with Crippen LogP contribution in [-0.2, 0) is 0 Å². The summed E-state index contributed by atoms with van der Waals surface area (Å²) in [5.74, 6) is 1.59. The average molecular weight is 379 g/mol. The van der Waals surface area contributed by atoms with Gasteiger partial charge in [-0.2, -0.15) is 5.26 Å². The maximum absolute atomic E-state index is 8.79. The zero-order chi connectivity index (χ0) is 14.2. The summed E-state index contributed by atoms with van der Waals surface area (Å²) in [4.78, 5) is 0. The highest BCUT2D eigenvalue weighted by Crippen LogP contribution is 2.14. The second-order valence-corrected chi connectivity index (χ2v) is 5.39. The summed E-state index contributed by atoms with van der Waals surface area (Å²) in [5.41, 5.74) is 0.609. The Morgan fingerprint density at radius 3 is 2.35 bits per heavy atom. The van der Waals surface area contributed by atoms with Crippen molar-refractivity contribution in [3.8, 4) is 17.6 Å². The monoisotopic (exact) mass is 379 g/mol. The number of nitrogens with zero attached hydrogens (tertiary/aromatic N) is 1. The van der Waals surface area contributed by atoms with Crippen molar-refractivity contribution in [3.63, 3.8) is 0 Å². The summed E-state index contributed by atoms with van der Waals surface area (Å²) in [6.45, 7) is 1.18. The van der Waals surface area contributed by atoms with Gasteiger partial charge in [0.25, 0.3) is 0 Å². The van der Waals surface area contributed by atoms with Gasteiger partial charge in [-0.15, -0.1) is 0 Å². The molecule has 0 atom stereocenters. The standard InChI is InChI=1S/C16H14INO2/c17-14-5-7-15(8-6-14)19-9-2-10-20-16-4-1-3-13(11-16)12-18/h1,3-8,11H,2,9-10H2. The zero-order valence-corrected chi connectivity index (χ0v) is 13.0. The molecule has 0 unspecified atom stereocenters. The van der Waals surface area contributed by atoms with Crippen LogP contribution in [-0.4, -0.2) is 13.2 Å². The van der Waals surface area contributed by atoms with E-state index in [1.807, 2.05) is 36.4 Å². The van der Waals surface area contributed by atoms with Crippen molar-refractivity contribution in [1.82, 2.24) is 0 Å². The van der Waals surface area contributed by atoms with E-state index in [1.54, 1.807) is 12.1 Å². The fraction of sp³-hybridized carbons (Fsp3) is 0.188. The van der Waals surface area contributed by atoms with Gasteiger partial charge >= 0.3 is 0 Å². The fourth-order valence-corrected chi connectivity index (χ4v) is 1.98. The molecule has 0 aliphatic rings. The summed E-state index contributed by atoms with van der Waals surface area (Å²) in [6, 6.07) is 17.2. The quantitative estimate of drug-likeness (QED) is 0.563. The molecule has 102 valence electrons. The van der Waals surface area contributed by atoms with Gasteiger partial charge in [-0.1, -0.05) is 6.07 Å². The Kier molecular flexibility index (Phi) is 5.69. The van der Waals surface area contributed by atoms with Gasteiger partial charge in [0.05, 0.1) is 24.8 Å². The minimum Gasteiger partial charge on any atom is -0.493 e. The molecule has 2 aromatic carbocycles. The van der Waals surface area contributed by atoms with Gasteiger partial charge in [-0.3, -0.25) is 0 Å². The number of hydrogen-bond acceptors (Lipinski definition) is 3. The topological polar surface area (TPSA) is 42.2 Å². The van der Waals surface area contributed by atoms with Crippen molar-refractivity contribution < 1.29 is 9.47 Å². The first kappa shape index (κ1) is 14.7. The molecule has 0 saturated heterocycles. The lowest BCUT2D eigenvalue weighted by atomic mass is 10.2. The van der Waals surface area contributed by atoms with Crippen LogP contribution in [0.1, 0.15) is 12.0 Å². The highest BCUT2D eigenvalue weighted by atomic mass is 127. The van der Waals surface area contributed by atoms with Crippen molar-refractivity contribution >= 4 is 22.6 Å². The Balaban J connectivity index is 1.69. The van der Waals surface area contributed by atoms with Crippen LogP contribution in [0.4, 0.5) is 0 Å². The van der Waals surface area contributed by atoms with Crippen LogP contribution in [0, 0.1) is 14.9 Å². The molecule has 0 spiro atoms. The Labute approximate surface area is 132 Å². The van der Waals surface area contributed by atoms with E-state index in [2.05, 4.69) is 28.7 Å². The number of benzene rings is 2. The fourth-order valence-electron chi connectivity index (χ4n) is 1.63. The van der Waals surface area contributed by atoms with Crippen LogP contribution in [0.3, 0.4) is 0 Å². The van der Waals surface area contributed by atoms with Crippen LogP contribution < -0.4 is 9.47 Å². The molecule has 0 aliphatic carbocycles. The molecule has 0 aromatic heterocycles. The zero-order valence-electron chi connectivity index (χ0n) is 10.9. The smallest absolute Gasteiger partial charge is 0.120 e. The minimum atomic E-state index is 0.569. The second kappa shape index (κ2) is 7.75. The van der Waals surface area contributed by atoms with Crippen LogP contribution in [0.25, 0.3) is 0 Å². The van der Waals surface area contributed by atoms with Gasteiger partial charge in [-0.25, -0.2) is 0 Å². The lowest BCUT2D eigenvalue weighted by molar-refractivity contribution is 0.247. The van der Waals surface area contributed by atoms with Crippen molar-refractivity contribution in [2.24, 2.45) is 0 Å². The van der Waals surface area contributed by atoms with E-state index in [4.69, 9.17) is 14.7 Å². The van der Waals surface area contributed by atoms with Gasteiger partial charge in [0, 0.05) is 9.99 Å². The minimum absolute atomic E-state index is 0.569. The van der Waals surface area contributed by atoms with E-state index >= 15 is 0 Å². The lowest BCUT2D eigenvalue weighted by Gasteiger charge is -2.08. The molecule has 3 nitrogen and oxygen atoms in total. The molecule has 0 N–H and O–H groups in total. The Morgan fingerprint density at radius 2 is 1.65 bits per heavy atom.